The first-order valence-electron chi connectivity index (χ1n) is 6.66. The van der Waals surface area contributed by atoms with Crippen LogP contribution in [0.1, 0.15) is 25.6 Å². The van der Waals surface area contributed by atoms with E-state index in [9.17, 15) is 9.90 Å². The summed E-state index contributed by atoms with van der Waals surface area (Å²) in [5.41, 5.74) is 0.285. The molecule has 6 heteroatoms. The van der Waals surface area contributed by atoms with Gasteiger partial charge in [0.25, 0.3) is 0 Å². The first kappa shape index (κ1) is 15.6. The normalized spacial score (nSPS) is 21.8. The number of hydrogen-bond acceptors (Lipinski definition) is 6. The third-order valence-corrected chi connectivity index (χ3v) is 3.03. The molecule has 21 heavy (non-hydrogen) atoms. The van der Waals surface area contributed by atoms with Crippen molar-refractivity contribution < 1.29 is 24.1 Å². The lowest BCUT2D eigenvalue weighted by molar-refractivity contribution is -0.156. The predicted molar refractivity (Wildman–Crippen MR) is 74.2 cm³/mol. The van der Waals surface area contributed by atoms with Crippen LogP contribution in [0.25, 0.3) is 0 Å². The van der Waals surface area contributed by atoms with Crippen molar-refractivity contribution in [3.63, 3.8) is 0 Å². The second-order valence-electron chi connectivity index (χ2n) is 5.23. The zero-order valence-electron chi connectivity index (χ0n) is 12.1. The third-order valence-electron chi connectivity index (χ3n) is 3.03. The minimum atomic E-state index is -1.18. The van der Waals surface area contributed by atoms with E-state index in [0.29, 0.717) is 12.3 Å². The van der Waals surface area contributed by atoms with Gasteiger partial charge in [-0.3, -0.25) is 4.98 Å². The first-order chi connectivity index (χ1) is 9.89. The van der Waals surface area contributed by atoms with Crippen molar-refractivity contribution >= 4 is 5.97 Å². The monoisotopic (exact) mass is 293 g/mol. The summed E-state index contributed by atoms with van der Waals surface area (Å²) < 4.78 is 16.0. The van der Waals surface area contributed by atoms with Gasteiger partial charge in [0.2, 0.25) is 0 Å². The maximum Gasteiger partial charge on any atom is 0.336 e. The number of aliphatic hydroxyl groups is 1. The van der Waals surface area contributed by atoms with Crippen molar-refractivity contribution in [1.29, 1.82) is 0 Å². The Morgan fingerprint density at radius 1 is 1.62 bits per heavy atom. The Balaban J connectivity index is 1.85. The number of carbonyl (C=O) groups excluding carboxylic acids is 1. The van der Waals surface area contributed by atoms with E-state index in [1.807, 2.05) is 0 Å². The summed E-state index contributed by atoms with van der Waals surface area (Å²) in [6.45, 7) is 7.56. The fraction of sp³-hybridized carbons (Fsp3) is 0.467. The molecule has 1 N–H and O–H groups in total. The molecule has 1 aromatic heterocycles. The highest BCUT2D eigenvalue weighted by Crippen LogP contribution is 2.23. The number of aromatic nitrogens is 1. The highest BCUT2D eigenvalue weighted by Gasteiger charge is 2.33. The van der Waals surface area contributed by atoms with Crippen LogP contribution in [0, 0.1) is 0 Å². The molecule has 2 rings (SSSR count). The zero-order chi connectivity index (χ0) is 15.5. The zero-order valence-corrected chi connectivity index (χ0v) is 12.1. The summed E-state index contributed by atoms with van der Waals surface area (Å²) >= 11 is 0. The SMILES string of the molecule is C=C(C(=O)OCC1COC(C)(C)O1)C(O)c1ccccn1. The maximum atomic E-state index is 11.9. The van der Waals surface area contributed by atoms with Crippen molar-refractivity contribution in [3.05, 3.63) is 42.2 Å². The number of carbonyl (C=O) groups is 1. The molecule has 6 nitrogen and oxygen atoms in total. The van der Waals surface area contributed by atoms with Crippen molar-refractivity contribution in [3.8, 4) is 0 Å². The molecule has 0 aliphatic carbocycles. The average Bonchev–Trinajstić information content (AvgIpc) is 2.83. The molecule has 0 saturated carbocycles. The van der Waals surface area contributed by atoms with Crippen molar-refractivity contribution in [2.45, 2.75) is 31.8 Å². The van der Waals surface area contributed by atoms with Gasteiger partial charge < -0.3 is 19.3 Å². The number of hydrogen-bond donors (Lipinski definition) is 1. The van der Waals surface area contributed by atoms with Crippen molar-refractivity contribution in [2.24, 2.45) is 0 Å². The fourth-order valence-electron chi connectivity index (χ4n) is 1.93. The molecule has 0 spiro atoms. The maximum absolute atomic E-state index is 11.9. The number of rotatable bonds is 5. The Labute approximate surface area is 123 Å². The molecule has 0 radical (unpaired) electrons. The lowest BCUT2D eigenvalue weighted by Gasteiger charge is -2.17. The molecule has 1 fully saturated rings. The van der Waals surface area contributed by atoms with E-state index in [0.717, 1.165) is 0 Å². The Bertz CT molecular complexity index is 514. The fourth-order valence-corrected chi connectivity index (χ4v) is 1.93. The molecule has 0 bridgehead atoms. The summed E-state index contributed by atoms with van der Waals surface area (Å²) in [5.74, 6) is -1.34. The minimum Gasteiger partial charge on any atom is -0.459 e. The molecule has 1 aliphatic rings. The van der Waals surface area contributed by atoms with E-state index < -0.39 is 17.9 Å². The molecule has 114 valence electrons. The third kappa shape index (κ3) is 4.10. The van der Waals surface area contributed by atoms with Crippen LogP contribution in [-0.2, 0) is 19.0 Å². The van der Waals surface area contributed by atoms with Gasteiger partial charge in [0, 0.05) is 6.20 Å². The highest BCUT2D eigenvalue weighted by atomic mass is 16.7. The average molecular weight is 293 g/mol. The van der Waals surface area contributed by atoms with Gasteiger partial charge >= 0.3 is 5.97 Å². The molecule has 2 unspecified atom stereocenters. The molecule has 0 amide bonds. The van der Waals surface area contributed by atoms with Gasteiger partial charge in [-0.2, -0.15) is 0 Å². The van der Waals surface area contributed by atoms with Gasteiger partial charge in [-0.1, -0.05) is 12.6 Å². The van der Waals surface area contributed by atoms with E-state index in [1.165, 1.54) is 6.20 Å². The first-order valence-corrected chi connectivity index (χ1v) is 6.66. The van der Waals surface area contributed by atoms with Crippen LogP contribution in [-0.4, -0.2) is 41.2 Å². The molecule has 2 atom stereocenters. The van der Waals surface area contributed by atoms with E-state index in [-0.39, 0.29) is 18.3 Å². The molecular weight excluding hydrogens is 274 g/mol. The summed E-state index contributed by atoms with van der Waals surface area (Å²) in [7, 11) is 0. The van der Waals surface area contributed by atoms with Crippen LogP contribution in [0.15, 0.2) is 36.5 Å². The lowest BCUT2D eigenvalue weighted by atomic mass is 10.1. The van der Waals surface area contributed by atoms with Gasteiger partial charge in [-0.05, 0) is 26.0 Å². The Kier molecular flexibility index (Phi) is 4.72. The van der Waals surface area contributed by atoms with Gasteiger partial charge in [0.15, 0.2) is 5.79 Å². The van der Waals surface area contributed by atoms with Gasteiger partial charge in [0.05, 0.1) is 17.9 Å². The highest BCUT2D eigenvalue weighted by molar-refractivity contribution is 5.89. The Morgan fingerprint density at radius 2 is 2.38 bits per heavy atom. The van der Waals surface area contributed by atoms with Crippen LogP contribution in [0.4, 0.5) is 0 Å². The topological polar surface area (TPSA) is 77.9 Å². The van der Waals surface area contributed by atoms with Crippen LogP contribution < -0.4 is 0 Å². The van der Waals surface area contributed by atoms with Gasteiger partial charge in [-0.15, -0.1) is 0 Å². The lowest BCUT2D eigenvalue weighted by Crippen LogP contribution is -2.26. The Hall–Kier alpha value is -1.76. The van der Waals surface area contributed by atoms with E-state index in [4.69, 9.17) is 14.2 Å². The number of aliphatic hydroxyl groups excluding tert-OH is 1. The smallest absolute Gasteiger partial charge is 0.336 e. The standard InChI is InChI=1S/C15H19NO5/c1-10(13(17)12-6-4-5-7-16-12)14(18)19-8-11-9-20-15(2,3)21-11/h4-7,11,13,17H,1,8-9H2,2-3H3. The van der Waals surface area contributed by atoms with Crippen LogP contribution in [0.5, 0.6) is 0 Å². The predicted octanol–water partition coefficient (Wildman–Crippen LogP) is 1.37. The number of nitrogens with zero attached hydrogens (tertiary/aromatic N) is 1. The Morgan fingerprint density at radius 3 is 2.95 bits per heavy atom. The number of esters is 1. The quantitative estimate of drug-likeness (QED) is 0.652. The number of pyridine rings is 1. The van der Waals surface area contributed by atoms with E-state index in [1.54, 1.807) is 32.0 Å². The minimum absolute atomic E-state index is 0.0518. The van der Waals surface area contributed by atoms with Crippen molar-refractivity contribution in [1.82, 2.24) is 4.98 Å². The second-order valence-corrected chi connectivity index (χ2v) is 5.23. The molecule has 1 aromatic rings. The van der Waals surface area contributed by atoms with Crippen LogP contribution >= 0.6 is 0 Å². The number of ether oxygens (including phenoxy) is 3. The second kappa shape index (κ2) is 6.34. The van der Waals surface area contributed by atoms with Gasteiger partial charge in [0.1, 0.15) is 18.8 Å². The van der Waals surface area contributed by atoms with Gasteiger partial charge in [-0.25, -0.2) is 4.79 Å². The van der Waals surface area contributed by atoms with Crippen LogP contribution in [0.2, 0.25) is 0 Å². The van der Waals surface area contributed by atoms with Crippen LogP contribution in [0.3, 0.4) is 0 Å². The summed E-state index contributed by atoms with van der Waals surface area (Å²) in [4.78, 5) is 15.8. The molecule has 1 saturated heterocycles. The largest absolute Gasteiger partial charge is 0.459 e. The molecular formula is C15H19NO5. The summed E-state index contributed by atoms with van der Waals surface area (Å²) in [6, 6.07) is 5.05. The summed E-state index contributed by atoms with van der Waals surface area (Å²) in [5, 5.41) is 10.0. The van der Waals surface area contributed by atoms with Crippen molar-refractivity contribution in [2.75, 3.05) is 13.2 Å². The molecule has 2 heterocycles. The molecule has 1 aliphatic heterocycles. The van der Waals surface area contributed by atoms with E-state index >= 15 is 0 Å². The summed E-state index contributed by atoms with van der Waals surface area (Å²) in [6.07, 6.45) is 0.0304. The molecule has 0 aromatic carbocycles. The van der Waals surface area contributed by atoms with E-state index in [2.05, 4.69) is 11.6 Å².